The zero-order chi connectivity index (χ0) is 21.0. The Labute approximate surface area is 170 Å². The third-order valence-corrected chi connectivity index (χ3v) is 5.15. The van der Waals surface area contributed by atoms with E-state index in [9.17, 15) is 9.59 Å². The molecule has 6 heteroatoms. The van der Waals surface area contributed by atoms with Crippen LogP contribution >= 0.6 is 0 Å². The molecule has 0 bridgehead atoms. The topological polar surface area (TPSA) is 66.8 Å². The Balaban J connectivity index is 2.00. The average molecular weight is 395 g/mol. The summed E-state index contributed by atoms with van der Waals surface area (Å²) in [7, 11) is 2.96. The molecule has 2 aromatic carbocycles. The molecular formula is C23H25NO5. The molecule has 3 rings (SSSR count). The highest BCUT2D eigenvalue weighted by molar-refractivity contribution is 5.98. The van der Waals surface area contributed by atoms with E-state index in [2.05, 4.69) is 0 Å². The maximum absolute atomic E-state index is 12.9. The fraction of sp³-hybridized carbons (Fsp3) is 0.304. The summed E-state index contributed by atoms with van der Waals surface area (Å²) < 4.78 is 17.6. The van der Waals surface area contributed by atoms with Crippen LogP contribution in [0.2, 0.25) is 0 Å². The molecule has 29 heavy (non-hydrogen) atoms. The van der Waals surface area contributed by atoms with Gasteiger partial charge in [0.15, 0.2) is 0 Å². The number of aryl methyl sites for hydroxylation is 2. The Morgan fingerprint density at radius 1 is 1.00 bits per heavy atom. The van der Waals surface area contributed by atoms with Gasteiger partial charge in [-0.1, -0.05) is 30.3 Å². The summed E-state index contributed by atoms with van der Waals surface area (Å²) in [6, 6.07) is 13.2. The van der Waals surface area contributed by atoms with Gasteiger partial charge in [-0.05, 0) is 36.6 Å². The molecule has 0 aliphatic heterocycles. The van der Waals surface area contributed by atoms with Gasteiger partial charge in [0, 0.05) is 18.0 Å². The highest BCUT2D eigenvalue weighted by Crippen LogP contribution is 2.32. The SMILES string of the molecule is COC(=O)CCn1c(C(=O)OCc2ccccc2)cc2c(C)c(C)c(OC)cc21. The molecule has 1 aromatic heterocycles. The second kappa shape index (κ2) is 8.82. The van der Waals surface area contributed by atoms with Crippen molar-refractivity contribution in [1.29, 1.82) is 0 Å². The van der Waals surface area contributed by atoms with Crippen LogP contribution in [0.25, 0.3) is 10.9 Å². The van der Waals surface area contributed by atoms with Crippen LogP contribution < -0.4 is 4.74 Å². The largest absolute Gasteiger partial charge is 0.496 e. The molecule has 0 saturated heterocycles. The van der Waals surface area contributed by atoms with Gasteiger partial charge >= 0.3 is 11.9 Å². The molecule has 3 aromatic rings. The number of hydrogen-bond acceptors (Lipinski definition) is 5. The van der Waals surface area contributed by atoms with Crippen LogP contribution in [0.4, 0.5) is 0 Å². The number of benzene rings is 2. The quantitative estimate of drug-likeness (QED) is 0.561. The Hall–Kier alpha value is -3.28. The molecule has 0 fully saturated rings. The number of carbonyl (C=O) groups excluding carboxylic acids is 2. The van der Waals surface area contributed by atoms with Crippen LogP contribution in [0, 0.1) is 13.8 Å². The van der Waals surface area contributed by atoms with E-state index in [0.29, 0.717) is 12.2 Å². The summed E-state index contributed by atoms with van der Waals surface area (Å²) in [4.78, 5) is 24.6. The van der Waals surface area contributed by atoms with Crippen LogP contribution in [0.5, 0.6) is 5.75 Å². The molecule has 0 radical (unpaired) electrons. The van der Waals surface area contributed by atoms with E-state index in [1.165, 1.54) is 7.11 Å². The van der Waals surface area contributed by atoms with Crippen molar-refractivity contribution < 1.29 is 23.8 Å². The molecule has 0 spiro atoms. The first-order valence-corrected chi connectivity index (χ1v) is 9.41. The van der Waals surface area contributed by atoms with Crippen molar-refractivity contribution in [1.82, 2.24) is 4.57 Å². The van der Waals surface area contributed by atoms with Crippen LogP contribution in [-0.4, -0.2) is 30.7 Å². The highest BCUT2D eigenvalue weighted by Gasteiger charge is 2.21. The smallest absolute Gasteiger partial charge is 0.355 e. The minimum Gasteiger partial charge on any atom is -0.496 e. The van der Waals surface area contributed by atoms with Gasteiger partial charge in [-0.3, -0.25) is 4.79 Å². The predicted octanol–water partition coefficient (Wildman–Crippen LogP) is 4.19. The van der Waals surface area contributed by atoms with E-state index in [0.717, 1.165) is 33.3 Å². The van der Waals surface area contributed by atoms with Gasteiger partial charge in [0.05, 0.1) is 26.2 Å². The van der Waals surface area contributed by atoms with Gasteiger partial charge in [0.1, 0.15) is 18.1 Å². The molecule has 1 heterocycles. The molecule has 0 amide bonds. The summed E-state index contributed by atoms with van der Waals surface area (Å²) in [5, 5.41) is 0.930. The van der Waals surface area contributed by atoms with Crippen molar-refractivity contribution in [3.05, 3.63) is 64.8 Å². The molecular weight excluding hydrogens is 370 g/mol. The van der Waals surface area contributed by atoms with E-state index in [1.807, 2.05) is 56.3 Å². The van der Waals surface area contributed by atoms with Gasteiger partial charge in [-0.25, -0.2) is 4.79 Å². The highest BCUT2D eigenvalue weighted by atomic mass is 16.5. The first-order valence-electron chi connectivity index (χ1n) is 9.41. The second-order valence-electron chi connectivity index (χ2n) is 6.83. The number of ether oxygens (including phenoxy) is 3. The minimum absolute atomic E-state index is 0.147. The summed E-state index contributed by atoms with van der Waals surface area (Å²) in [5.74, 6) is -0.0474. The molecule has 0 unspecified atom stereocenters. The maximum Gasteiger partial charge on any atom is 0.355 e. The van der Waals surface area contributed by atoms with E-state index in [4.69, 9.17) is 14.2 Å². The first kappa shape index (κ1) is 20.5. The van der Waals surface area contributed by atoms with E-state index in [-0.39, 0.29) is 19.0 Å². The van der Waals surface area contributed by atoms with Crippen molar-refractivity contribution >= 4 is 22.8 Å². The Kier molecular flexibility index (Phi) is 6.22. The zero-order valence-corrected chi connectivity index (χ0v) is 17.2. The molecule has 0 aliphatic rings. The number of hydrogen-bond donors (Lipinski definition) is 0. The third-order valence-electron chi connectivity index (χ3n) is 5.15. The molecule has 0 N–H and O–H groups in total. The summed E-state index contributed by atoms with van der Waals surface area (Å²) in [6.45, 7) is 4.45. The van der Waals surface area contributed by atoms with Crippen molar-refractivity contribution in [3.8, 4) is 5.75 Å². The van der Waals surface area contributed by atoms with Gasteiger partial charge in [0.25, 0.3) is 0 Å². The van der Waals surface area contributed by atoms with E-state index >= 15 is 0 Å². The first-order chi connectivity index (χ1) is 14.0. The lowest BCUT2D eigenvalue weighted by molar-refractivity contribution is -0.140. The Morgan fingerprint density at radius 3 is 2.38 bits per heavy atom. The number of nitrogens with zero attached hydrogens (tertiary/aromatic N) is 1. The zero-order valence-electron chi connectivity index (χ0n) is 17.2. The van der Waals surface area contributed by atoms with E-state index < -0.39 is 5.97 Å². The fourth-order valence-electron chi connectivity index (χ4n) is 3.36. The van der Waals surface area contributed by atoms with Crippen molar-refractivity contribution in [3.63, 3.8) is 0 Å². The molecule has 152 valence electrons. The van der Waals surface area contributed by atoms with Gasteiger partial charge in [0.2, 0.25) is 0 Å². The van der Waals surface area contributed by atoms with E-state index in [1.54, 1.807) is 11.7 Å². The number of aromatic nitrogens is 1. The fourth-order valence-corrected chi connectivity index (χ4v) is 3.36. The third kappa shape index (κ3) is 4.26. The number of methoxy groups -OCH3 is 2. The average Bonchev–Trinajstić information content (AvgIpc) is 3.12. The lowest BCUT2D eigenvalue weighted by atomic mass is 10.0. The molecule has 0 saturated carbocycles. The van der Waals surface area contributed by atoms with Crippen molar-refractivity contribution in [2.24, 2.45) is 0 Å². The minimum atomic E-state index is -0.439. The summed E-state index contributed by atoms with van der Waals surface area (Å²) in [5.41, 5.74) is 4.16. The summed E-state index contributed by atoms with van der Waals surface area (Å²) >= 11 is 0. The number of carbonyl (C=O) groups is 2. The van der Waals surface area contributed by atoms with Crippen LogP contribution in [0.1, 0.15) is 33.6 Å². The maximum atomic E-state index is 12.9. The molecule has 0 atom stereocenters. The number of rotatable bonds is 7. The van der Waals surface area contributed by atoms with Gasteiger partial charge in [-0.2, -0.15) is 0 Å². The lowest BCUT2D eigenvalue weighted by Gasteiger charge is -2.13. The Bertz CT molecular complexity index is 1040. The van der Waals surface area contributed by atoms with Crippen molar-refractivity contribution in [2.75, 3.05) is 14.2 Å². The normalized spacial score (nSPS) is 10.8. The lowest BCUT2D eigenvalue weighted by Crippen LogP contribution is -2.14. The molecule has 0 aliphatic carbocycles. The predicted molar refractivity (Wildman–Crippen MR) is 110 cm³/mol. The molecule has 6 nitrogen and oxygen atoms in total. The Morgan fingerprint density at radius 2 is 1.72 bits per heavy atom. The van der Waals surface area contributed by atoms with Crippen molar-refractivity contribution in [2.45, 2.75) is 33.4 Å². The van der Waals surface area contributed by atoms with Gasteiger partial charge in [-0.15, -0.1) is 0 Å². The summed E-state index contributed by atoms with van der Waals surface area (Å²) in [6.07, 6.45) is 0.147. The van der Waals surface area contributed by atoms with Gasteiger partial charge < -0.3 is 18.8 Å². The number of esters is 2. The monoisotopic (exact) mass is 395 g/mol. The van der Waals surface area contributed by atoms with Crippen LogP contribution in [-0.2, 0) is 27.4 Å². The number of fused-ring (bicyclic) bond motifs is 1. The van der Waals surface area contributed by atoms with Crippen LogP contribution in [0.3, 0.4) is 0 Å². The standard InChI is InChI=1S/C23H25NO5/c1-15-16(2)21(27-3)13-19-18(15)12-20(24(19)11-10-22(25)28-4)23(26)29-14-17-8-6-5-7-9-17/h5-9,12-13H,10-11,14H2,1-4H3. The van der Waals surface area contributed by atoms with Crippen LogP contribution in [0.15, 0.2) is 42.5 Å². The second-order valence-corrected chi connectivity index (χ2v) is 6.83.